The quantitative estimate of drug-likeness (QED) is 0.697. The van der Waals surface area contributed by atoms with Crippen molar-refractivity contribution in [2.24, 2.45) is 7.05 Å². The molecule has 7 heteroatoms. The van der Waals surface area contributed by atoms with Crippen molar-refractivity contribution in [1.82, 2.24) is 14.9 Å². The van der Waals surface area contributed by atoms with Gasteiger partial charge in [0, 0.05) is 25.5 Å². The number of aryl methyl sites for hydroxylation is 1. The molecule has 0 aliphatic rings. The van der Waals surface area contributed by atoms with E-state index in [1.54, 1.807) is 26.5 Å². The Balaban J connectivity index is 1.95. The highest BCUT2D eigenvalue weighted by Crippen LogP contribution is 2.29. The minimum Gasteiger partial charge on any atom is -0.497 e. The largest absolute Gasteiger partial charge is 0.497 e. The Labute approximate surface area is 151 Å². The van der Waals surface area contributed by atoms with E-state index in [2.05, 4.69) is 10.3 Å². The van der Waals surface area contributed by atoms with Crippen LogP contribution in [0.25, 0.3) is 0 Å². The molecule has 0 amide bonds. The molecule has 0 spiro atoms. The number of methoxy groups -OCH3 is 2. The van der Waals surface area contributed by atoms with E-state index in [9.17, 15) is 0 Å². The number of benzene rings is 1. The van der Waals surface area contributed by atoms with Gasteiger partial charge in [-0.3, -0.25) is 5.32 Å². The van der Waals surface area contributed by atoms with Crippen LogP contribution in [0.1, 0.15) is 23.2 Å². The van der Waals surface area contributed by atoms with E-state index in [0.717, 1.165) is 28.6 Å². The van der Waals surface area contributed by atoms with Crippen LogP contribution in [-0.4, -0.2) is 23.8 Å². The summed E-state index contributed by atoms with van der Waals surface area (Å²) in [5.74, 6) is 3.06. The van der Waals surface area contributed by atoms with E-state index in [0.29, 0.717) is 11.8 Å². The highest BCUT2D eigenvalue weighted by atomic mass is 35.5. The summed E-state index contributed by atoms with van der Waals surface area (Å²) < 4.78 is 18.2. The van der Waals surface area contributed by atoms with Gasteiger partial charge in [0.25, 0.3) is 0 Å². The number of hydrogen-bond donors (Lipinski definition) is 1. The van der Waals surface area contributed by atoms with Gasteiger partial charge in [0.05, 0.1) is 26.8 Å². The highest BCUT2D eigenvalue weighted by Gasteiger charge is 2.20. The van der Waals surface area contributed by atoms with E-state index in [4.69, 9.17) is 25.5 Å². The van der Waals surface area contributed by atoms with Gasteiger partial charge < -0.3 is 18.5 Å². The van der Waals surface area contributed by atoms with E-state index in [1.165, 1.54) is 0 Å². The lowest BCUT2D eigenvalue weighted by Crippen LogP contribution is -2.24. The zero-order valence-electron chi connectivity index (χ0n) is 14.3. The fraction of sp³-hybridized carbons (Fsp3) is 0.278. The third-order valence-corrected chi connectivity index (χ3v) is 4.14. The van der Waals surface area contributed by atoms with Crippen LogP contribution in [0, 0.1) is 0 Å². The smallest absolute Gasteiger partial charge is 0.193 e. The summed E-state index contributed by atoms with van der Waals surface area (Å²) in [7, 11) is 5.22. The average Bonchev–Trinajstić information content (AvgIpc) is 3.23. The van der Waals surface area contributed by atoms with Gasteiger partial charge in [-0.15, -0.1) is 0 Å². The maximum atomic E-state index is 5.85. The standard InChI is InChI=1S/C18H20ClN3O3/c1-22-7-6-20-18(22)17(21-11-13-4-5-16(19)25-13)12-8-14(23-2)10-15(9-12)24-3/h4-10,17,21H,11H2,1-3H3. The number of halogens is 1. The minimum absolute atomic E-state index is 0.173. The van der Waals surface area contributed by atoms with Gasteiger partial charge in [0.15, 0.2) is 5.22 Å². The number of rotatable bonds is 7. The van der Waals surface area contributed by atoms with E-state index >= 15 is 0 Å². The molecule has 3 rings (SSSR count). The van der Waals surface area contributed by atoms with Gasteiger partial charge in [0.1, 0.15) is 23.1 Å². The molecule has 0 saturated heterocycles. The summed E-state index contributed by atoms with van der Waals surface area (Å²) in [6.45, 7) is 0.504. The van der Waals surface area contributed by atoms with Crippen LogP contribution in [0.15, 0.2) is 47.1 Å². The molecule has 0 bridgehead atoms. The molecule has 2 heterocycles. The number of aromatic nitrogens is 2. The summed E-state index contributed by atoms with van der Waals surface area (Å²) >= 11 is 5.85. The maximum Gasteiger partial charge on any atom is 0.193 e. The topological polar surface area (TPSA) is 61.5 Å². The van der Waals surface area contributed by atoms with E-state index in [1.807, 2.05) is 42.1 Å². The van der Waals surface area contributed by atoms with Crippen LogP contribution < -0.4 is 14.8 Å². The summed E-state index contributed by atoms with van der Waals surface area (Å²) in [6.07, 6.45) is 3.68. The van der Waals surface area contributed by atoms with Crippen molar-refractivity contribution in [1.29, 1.82) is 0 Å². The first-order valence-electron chi connectivity index (χ1n) is 7.78. The first-order valence-corrected chi connectivity index (χ1v) is 8.16. The van der Waals surface area contributed by atoms with Crippen LogP contribution in [-0.2, 0) is 13.6 Å². The second kappa shape index (κ2) is 7.63. The molecule has 3 aromatic rings. The molecule has 132 valence electrons. The zero-order valence-corrected chi connectivity index (χ0v) is 15.1. The van der Waals surface area contributed by atoms with Crippen molar-refractivity contribution in [3.8, 4) is 11.5 Å². The second-order valence-electron chi connectivity index (χ2n) is 5.56. The van der Waals surface area contributed by atoms with Gasteiger partial charge in [-0.25, -0.2) is 4.98 Å². The van der Waals surface area contributed by atoms with Gasteiger partial charge in [-0.1, -0.05) is 0 Å². The number of nitrogens with zero attached hydrogens (tertiary/aromatic N) is 2. The summed E-state index contributed by atoms with van der Waals surface area (Å²) in [4.78, 5) is 4.48. The fourth-order valence-corrected chi connectivity index (χ4v) is 2.82. The number of imidazole rings is 1. The fourth-order valence-electron chi connectivity index (χ4n) is 2.66. The first-order chi connectivity index (χ1) is 12.1. The zero-order chi connectivity index (χ0) is 17.8. The number of ether oxygens (including phenoxy) is 2. The third kappa shape index (κ3) is 3.97. The Morgan fingerprint density at radius 3 is 2.44 bits per heavy atom. The molecule has 1 aromatic carbocycles. The summed E-state index contributed by atoms with van der Waals surface area (Å²) in [5.41, 5.74) is 0.975. The predicted octanol–water partition coefficient (Wildman–Crippen LogP) is 3.56. The first kappa shape index (κ1) is 17.4. The van der Waals surface area contributed by atoms with Crippen molar-refractivity contribution in [2.75, 3.05) is 14.2 Å². The van der Waals surface area contributed by atoms with Gasteiger partial charge in [-0.05, 0) is 41.4 Å². The molecule has 6 nitrogen and oxygen atoms in total. The molecular formula is C18H20ClN3O3. The third-order valence-electron chi connectivity index (χ3n) is 3.93. The van der Waals surface area contributed by atoms with Crippen molar-refractivity contribution >= 4 is 11.6 Å². The SMILES string of the molecule is COc1cc(OC)cc(C(NCc2ccc(Cl)o2)c2nccn2C)c1. The number of nitrogens with one attached hydrogen (secondary N) is 1. The average molecular weight is 362 g/mol. The Morgan fingerprint density at radius 2 is 1.92 bits per heavy atom. The summed E-state index contributed by atoms with van der Waals surface area (Å²) in [6, 6.07) is 9.16. The van der Waals surface area contributed by atoms with E-state index in [-0.39, 0.29) is 6.04 Å². The van der Waals surface area contributed by atoms with Gasteiger partial charge in [0.2, 0.25) is 0 Å². The monoisotopic (exact) mass is 361 g/mol. The molecule has 1 N–H and O–H groups in total. The Hall–Kier alpha value is -2.44. The number of hydrogen-bond acceptors (Lipinski definition) is 5. The molecule has 0 fully saturated rings. The number of furan rings is 1. The van der Waals surface area contributed by atoms with Crippen LogP contribution in [0.2, 0.25) is 5.22 Å². The molecular weight excluding hydrogens is 342 g/mol. The highest BCUT2D eigenvalue weighted by molar-refractivity contribution is 6.28. The van der Waals surface area contributed by atoms with Crippen molar-refractivity contribution < 1.29 is 13.9 Å². The van der Waals surface area contributed by atoms with Gasteiger partial charge in [-0.2, -0.15) is 0 Å². The van der Waals surface area contributed by atoms with Crippen LogP contribution in [0.4, 0.5) is 0 Å². The van der Waals surface area contributed by atoms with Crippen molar-refractivity contribution in [3.05, 3.63) is 65.1 Å². The van der Waals surface area contributed by atoms with Crippen LogP contribution >= 0.6 is 11.6 Å². The van der Waals surface area contributed by atoms with Crippen molar-refractivity contribution in [2.45, 2.75) is 12.6 Å². The molecule has 0 aliphatic heterocycles. The Morgan fingerprint density at radius 1 is 1.20 bits per heavy atom. The molecule has 0 aliphatic carbocycles. The van der Waals surface area contributed by atoms with Crippen LogP contribution in [0.3, 0.4) is 0 Å². The minimum atomic E-state index is -0.173. The molecule has 2 aromatic heterocycles. The van der Waals surface area contributed by atoms with Crippen LogP contribution in [0.5, 0.6) is 11.5 Å². The lowest BCUT2D eigenvalue weighted by molar-refractivity contribution is 0.391. The predicted molar refractivity (Wildman–Crippen MR) is 95.2 cm³/mol. The summed E-state index contributed by atoms with van der Waals surface area (Å²) in [5, 5.41) is 3.83. The lowest BCUT2D eigenvalue weighted by atomic mass is 10.0. The maximum absolute atomic E-state index is 5.85. The molecule has 25 heavy (non-hydrogen) atoms. The lowest BCUT2D eigenvalue weighted by Gasteiger charge is -2.20. The Kier molecular flexibility index (Phi) is 5.31. The molecule has 0 saturated carbocycles. The molecule has 0 radical (unpaired) electrons. The normalized spacial score (nSPS) is 12.2. The Bertz CT molecular complexity index is 821. The molecule has 1 atom stereocenters. The molecule has 1 unspecified atom stereocenters. The van der Waals surface area contributed by atoms with Crippen molar-refractivity contribution in [3.63, 3.8) is 0 Å². The van der Waals surface area contributed by atoms with Gasteiger partial charge >= 0.3 is 0 Å². The second-order valence-corrected chi connectivity index (χ2v) is 5.93. The van der Waals surface area contributed by atoms with E-state index < -0.39 is 0 Å².